The van der Waals surface area contributed by atoms with E-state index in [0.717, 1.165) is 5.56 Å². The number of carbonyl (C=O) groups is 4. The number of hydrogen-bond donors (Lipinski definition) is 2. The Morgan fingerprint density at radius 2 is 1.87 bits per heavy atom. The van der Waals surface area contributed by atoms with Gasteiger partial charge in [0.2, 0.25) is 5.91 Å². The first-order valence-corrected chi connectivity index (χ1v) is 15.4. The lowest BCUT2D eigenvalue weighted by molar-refractivity contribution is -0.144. The van der Waals surface area contributed by atoms with Gasteiger partial charge in [0.1, 0.15) is 18.8 Å². The number of nitrogens with zero attached hydrogens (tertiary/aromatic N) is 3. The average Bonchev–Trinajstić information content (AvgIpc) is 3.45. The fourth-order valence-corrected chi connectivity index (χ4v) is 4.76. The molecule has 0 saturated heterocycles. The van der Waals surface area contributed by atoms with Gasteiger partial charge in [-0.05, 0) is 65.0 Å². The van der Waals surface area contributed by atoms with Crippen LogP contribution >= 0.6 is 11.6 Å². The first-order valence-electron chi connectivity index (χ1n) is 15.0. The van der Waals surface area contributed by atoms with Crippen LogP contribution in [-0.2, 0) is 37.0 Å². The van der Waals surface area contributed by atoms with Crippen molar-refractivity contribution in [2.24, 2.45) is 5.92 Å². The van der Waals surface area contributed by atoms with Gasteiger partial charge in [0.25, 0.3) is 0 Å². The van der Waals surface area contributed by atoms with Crippen LogP contribution in [0.25, 0.3) is 6.08 Å². The highest BCUT2D eigenvalue weighted by Crippen LogP contribution is 2.26. The van der Waals surface area contributed by atoms with E-state index >= 15 is 0 Å². The minimum absolute atomic E-state index is 0.0822. The molecule has 12 nitrogen and oxygen atoms in total. The van der Waals surface area contributed by atoms with Gasteiger partial charge in [0.15, 0.2) is 5.15 Å². The molecule has 2 atom stereocenters. The number of amides is 3. The van der Waals surface area contributed by atoms with Crippen molar-refractivity contribution in [2.45, 2.75) is 78.2 Å². The summed E-state index contributed by atoms with van der Waals surface area (Å²) in [4.78, 5) is 59.6. The molecule has 0 spiro atoms. The van der Waals surface area contributed by atoms with Crippen molar-refractivity contribution in [1.82, 2.24) is 25.5 Å². The summed E-state index contributed by atoms with van der Waals surface area (Å²) in [6.07, 6.45) is 6.13. The standard InChI is InChI=1S/C32H42ClN5O7/c1-5-43-27(39)20-38(31(42)44-21-22-11-7-6-8-12-22)16-10-9-13-25-18-34-28(33)26(36-25)19-35-29(40)23-14-15-24(17-23)37-30(41)45-32(2,3)4/h6-9,11-13,18,23-24H,5,10,14-17,19-21H2,1-4H3,(H,35,40)(H,37,41)/b13-9+/t23-,24-/m1/s1. The summed E-state index contributed by atoms with van der Waals surface area (Å²) in [7, 11) is 0. The minimum atomic E-state index is -0.626. The second-order valence-corrected chi connectivity index (χ2v) is 11.9. The molecule has 2 N–H and O–H groups in total. The van der Waals surface area contributed by atoms with Crippen LogP contribution in [0.3, 0.4) is 0 Å². The number of nitrogens with one attached hydrogen (secondary N) is 2. The average molecular weight is 644 g/mol. The molecule has 3 amide bonds. The van der Waals surface area contributed by atoms with Crippen molar-refractivity contribution in [2.75, 3.05) is 19.7 Å². The lowest BCUT2D eigenvalue weighted by Crippen LogP contribution is -2.38. The summed E-state index contributed by atoms with van der Waals surface area (Å²) in [6, 6.07) is 9.12. The predicted molar refractivity (Wildman–Crippen MR) is 168 cm³/mol. The van der Waals surface area contributed by atoms with Crippen molar-refractivity contribution < 1.29 is 33.4 Å². The van der Waals surface area contributed by atoms with Crippen LogP contribution in [0.15, 0.2) is 42.6 Å². The van der Waals surface area contributed by atoms with Gasteiger partial charge in [-0.25, -0.2) is 19.6 Å². The Morgan fingerprint density at radius 1 is 1.11 bits per heavy atom. The summed E-state index contributed by atoms with van der Waals surface area (Å²) < 4.78 is 15.7. The number of hydrogen-bond acceptors (Lipinski definition) is 9. The number of rotatable bonds is 13. The third kappa shape index (κ3) is 12.8. The fourth-order valence-electron chi connectivity index (χ4n) is 4.60. The first kappa shape index (κ1) is 35.3. The van der Waals surface area contributed by atoms with Gasteiger partial charge in [-0.15, -0.1) is 0 Å². The number of ether oxygens (including phenoxy) is 3. The van der Waals surface area contributed by atoms with Gasteiger partial charge in [0.05, 0.1) is 30.7 Å². The van der Waals surface area contributed by atoms with Gasteiger partial charge in [-0.3, -0.25) is 14.5 Å². The molecule has 0 bridgehead atoms. The van der Waals surface area contributed by atoms with Gasteiger partial charge in [-0.2, -0.15) is 0 Å². The topological polar surface area (TPSA) is 149 Å². The minimum Gasteiger partial charge on any atom is -0.465 e. The Kier molecular flexibility index (Phi) is 13.6. The Hall–Kier alpha value is -4.19. The number of esters is 1. The van der Waals surface area contributed by atoms with E-state index in [-0.39, 0.29) is 55.9 Å². The van der Waals surface area contributed by atoms with Crippen LogP contribution in [0, 0.1) is 5.92 Å². The molecule has 244 valence electrons. The molecule has 0 unspecified atom stereocenters. The van der Waals surface area contributed by atoms with E-state index in [9.17, 15) is 19.2 Å². The van der Waals surface area contributed by atoms with Crippen molar-refractivity contribution in [3.05, 3.63) is 64.7 Å². The van der Waals surface area contributed by atoms with Gasteiger partial charge >= 0.3 is 18.2 Å². The fraction of sp³-hybridized carbons (Fsp3) is 0.500. The molecule has 1 aromatic carbocycles. The maximum Gasteiger partial charge on any atom is 0.410 e. The predicted octanol–water partition coefficient (Wildman–Crippen LogP) is 5.04. The highest BCUT2D eigenvalue weighted by atomic mass is 35.5. The number of carbonyl (C=O) groups excluding carboxylic acids is 4. The largest absolute Gasteiger partial charge is 0.465 e. The van der Waals surface area contributed by atoms with Gasteiger partial charge < -0.3 is 24.8 Å². The molecule has 1 aliphatic carbocycles. The van der Waals surface area contributed by atoms with E-state index in [4.69, 9.17) is 25.8 Å². The van der Waals surface area contributed by atoms with E-state index in [2.05, 4.69) is 20.6 Å². The molecule has 1 aromatic heterocycles. The highest BCUT2D eigenvalue weighted by molar-refractivity contribution is 6.30. The summed E-state index contributed by atoms with van der Waals surface area (Å²) in [5, 5.41) is 5.88. The van der Waals surface area contributed by atoms with E-state index in [0.29, 0.717) is 37.1 Å². The molecule has 0 aliphatic heterocycles. The van der Waals surface area contributed by atoms with Crippen molar-refractivity contribution in [3.63, 3.8) is 0 Å². The Balaban J connectivity index is 1.50. The number of benzene rings is 1. The number of halogens is 1. The van der Waals surface area contributed by atoms with Crippen LogP contribution in [0.2, 0.25) is 5.15 Å². The molecule has 2 aromatic rings. The van der Waals surface area contributed by atoms with Crippen molar-refractivity contribution in [3.8, 4) is 0 Å². The molecular weight excluding hydrogens is 602 g/mol. The van der Waals surface area contributed by atoms with Gasteiger partial charge in [-0.1, -0.05) is 48.0 Å². The number of aromatic nitrogens is 2. The molecule has 3 rings (SSSR count). The quantitative estimate of drug-likeness (QED) is 0.226. The lowest BCUT2D eigenvalue weighted by atomic mass is 10.1. The van der Waals surface area contributed by atoms with Crippen LogP contribution in [0.1, 0.15) is 70.3 Å². The zero-order chi connectivity index (χ0) is 32.8. The Labute approximate surface area is 268 Å². The van der Waals surface area contributed by atoms with Crippen molar-refractivity contribution >= 4 is 41.7 Å². The molecule has 1 saturated carbocycles. The van der Waals surface area contributed by atoms with Crippen LogP contribution < -0.4 is 10.6 Å². The summed E-state index contributed by atoms with van der Waals surface area (Å²) in [5.41, 5.74) is 1.15. The molecular formula is C32H42ClN5O7. The number of alkyl carbamates (subject to hydrolysis) is 1. The van der Waals surface area contributed by atoms with Gasteiger partial charge in [0, 0.05) is 18.5 Å². The zero-order valence-electron chi connectivity index (χ0n) is 26.2. The Morgan fingerprint density at radius 3 is 2.58 bits per heavy atom. The second-order valence-electron chi connectivity index (χ2n) is 11.6. The smallest absolute Gasteiger partial charge is 0.410 e. The Bertz CT molecular complexity index is 1330. The molecule has 13 heteroatoms. The van der Waals surface area contributed by atoms with E-state index in [1.54, 1.807) is 39.8 Å². The van der Waals surface area contributed by atoms with Crippen molar-refractivity contribution in [1.29, 1.82) is 0 Å². The summed E-state index contributed by atoms with van der Waals surface area (Å²) in [6.45, 7) is 7.43. The summed E-state index contributed by atoms with van der Waals surface area (Å²) in [5.74, 6) is -0.930. The first-order chi connectivity index (χ1) is 21.4. The van der Waals surface area contributed by atoms with E-state index in [1.165, 1.54) is 11.1 Å². The monoisotopic (exact) mass is 643 g/mol. The zero-order valence-corrected chi connectivity index (χ0v) is 27.0. The molecule has 1 fully saturated rings. The van der Waals surface area contributed by atoms with Crippen LogP contribution in [0.5, 0.6) is 0 Å². The van der Waals surface area contributed by atoms with E-state index < -0.39 is 23.8 Å². The summed E-state index contributed by atoms with van der Waals surface area (Å²) >= 11 is 6.25. The van der Waals surface area contributed by atoms with E-state index in [1.807, 2.05) is 30.3 Å². The van der Waals surface area contributed by atoms with Crippen LogP contribution in [0.4, 0.5) is 9.59 Å². The lowest BCUT2D eigenvalue weighted by Gasteiger charge is -2.21. The SMILES string of the molecule is CCOC(=O)CN(CC/C=C/c1cnc(Cl)c(CNC(=O)[C@@H]2CC[C@@H](NC(=O)OC(C)(C)C)C2)n1)C(=O)OCc1ccccc1. The highest BCUT2D eigenvalue weighted by Gasteiger charge is 2.32. The molecule has 1 aliphatic rings. The molecule has 45 heavy (non-hydrogen) atoms. The second kappa shape index (κ2) is 17.3. The van der Waals surface area contributed by atoms with Crippen LogP contribution in [-0.4, -0.2) is 70.3 Å². The normalized spacial score (nSPS) is 16.2. The third-order valence-electron chi connectivity index (χ3n) is 6.71. The third-order valence-corrected chi connectivity index (χ3v) is 7.03. The molecule has 0 radical (unpaired) electrons. The molecule has 1 heterocycles. The maximum atomic E-state index is 12.8. The maximum absolute atomic E-state index is 12.8.